The third-order valence-electron chi connectivity index (χ3n) is 16.0. The first-order chi connectivity index (χ1) is 44.4. The number of methoxy groups -OCH3 is 2. The second-order valence-electron chi connectivity index (χ2n) is 24.6. The van der Waals surface area contributed by atoms with Crippen molar-refractivity contribution in [3.05, 3.63) is 168 Å². The van der Waals surface area contributed by atoms with E-state index in [1.165, 1.54) is 14.2 Å². The van der Waals surface area contributed by atoms with Gasteiger partial charge in [-0.3, -0.25) is 33.4 Å². The Bertz CT molecular complexity index is 3750. The van der Waals surface area contributed by atoms with Gasteiger partial charge in [-0.2, -0.15) is 0 Å². The molecule has 2 amide bonds. The third kappa shape index (κ3) is 20.7. The van der Waals surface area contributed by atoms with Crippen LogP contribution < -0.4 is 67.7 Å². The quantitative estimate of drug-likeness (QED) is 0.0236. The summed E-state index contributed by atoms with van der Waals surface area (Å²) in [5.74, 6) is 0.971. The Morgan fingerprint density at radius 3 is 1.46 bits per heavy atom. The molecule has 0 saturated carbocycles. The number of nitrogens with two attached hydrogens (primary N) is 1. The maximum atomic E-state index is 14.9. The van der Waals surface area contributed by atoms with Crippen LogP contribution in [0.25, 0.3) is 11.1 Å². The number of rotatable bonds is 31. The van der Waals surface area contributed by atoms with Crippen LogP contribution in [0.5, 0.6) is 17.2 Å². The number of carbonyl (C=O) groups is 2. The first-order valence-corrected chi connectivity index (χ1v) is 36.3. The van der Waals surface area contributed by atoms with E-state index in [4.69, 9.17) is 34.9 Å². The van der Waals surface area contributed by atoms with Crippen LogP contribution in [0.15, 0.2) is 140 Å². The topological polar surface area (TPSA) is 278 Å². The van der Waals surface area contributed by atoms with Crippen molar-refractivity contribution in [3.8, 4) is 28.4 Å². The first kappa shape index (κ1) is 71.8. The van der Waals surface area contributed by atoms with Gasteiger partial charge in [0.2, 0.25) is 11.8 Å². The zero-order valence-electron chi connectivity index (χ0n) is 54.5. The maximum absolute atomic E-state index is 14.9. The maximum Gasteiger partial charge on any atom is 0.276 e. The smallest absolute Gasteiger partial charge is 0.276 e. The monoisotopic (exact) mass is 1330 g/mol. The molecule has 0 spiro atoms. The number of carbonyl (C=O) groups excluding carboxylic acids is 2. The molecule has 1 aliphatic heterocycles. The van der Waals surface area contributed by atoms with Gasteiger partial charge >= 0.3 is 0 Å². The summed E-state index contributed by atoms with van der Waals surface area (Å²) in [6, 6.07) is 38.8. The number of nitrogens with zero attached hydrogens (tertiary/aromatic N) is 8. The summed E-state index contributed by atoms with van der Waals surface area (Å²) >= 11 is 0. The molecule has 8 rings (SSSR count). The number of nitrogens with one attached hydrogen (secondary N) is 2. The van der Waals surface area contributed by atoms with Crippen LogP contribution in [0.1, 0.15) is 47.5 Å². The van der Waals surface area contributed by atoms with Gasteiger partial charge in [-0.1, -0.05) is 66.7 Å². The van der Waals surface area contributed by atoms with E-state index in [0.717, 1.165) is 6.54 Å². The summed E-state index contributed by atoms with van der Waals surface area (Å²) in [6.07, 6.45) is 1.44. The fourth-order valence-electron chi connectivity index (χ4n) is 10.8. The number of ether oxygens (including phenoxy) is 3. The summed E-state index contributed by atoms with van der Waals surface area (Å²) in [6.45, 7) is 6.45. The van der Waals surface area contributed by atoms with E-state index in [1.807, 2.05) is 58.3 Å². The molecule has 3 atom stereocenters. The molecule has 7 aromatic rings. The fraction of sp³-hybridized carbons (Fsp3) is 0.397. The minimum absolute atomic E-state index is 0.00300. The Kier molecular flexibility index (Phi) is 25.8. The highest BCUT2D eigenvalue weighted by Crippen LogP contribution is 2.45. The fourth-order valence-corrected chi connectivity index (χ4v) is 15.1. The third-order valence-corrected chi connectivity index (χ3v) is 21.5. The van der Waals surface area contributed by atoms with Crippen molar-refractivity contribution in [2.45, 2.75) is 51.7 Å². The Morgan fingerprint density at radius 1 is 0.602 bits per heavy atom. The highest BCUT2D eigenvalue weighted by Gasteiger charge is 2.31. The van der Waals surface area contributed by atoms with Gasteiger partial charge in [-0.25, -0.2) is 15.0 Å². The summed E-state index contributed by atoms with van der Waals surface area (Å²) in [7, 11) is -0.0114. The van der Waals surface area contributed by atoms with Crippen LogP contribution in [-0.2, 0) is 55.8 Å². The number of benzene rings is 4. The van der Waals surface area contributed by atoms with Gasteiger partial charge in [0.05, 0.1) is 90.5 Å². The molecule has 0 aliphatic carbocycles. The van der Waals surface area contributed by atoms with Crippen molar-refractivity contribution < 1.29 is 56.7 Å². The lowest BCUT2D eigenvalue weighted by molar-refractivity contribution is -0.869. The number of quaternary nitrogens is 1. The van der Waals surface area contributed by atoms with Crippen LogP contribution in [0, 0.1) is 0 Å². The van der Waals surface area contributed by atoms with Crippen LogP contribution in [0.4, 0.5) is 0 Å². The average molecular weight is 1330 g/mol. The highest BCUT2D eigenvalue weighted by molar-refractivity contribution is 7.73. The van der Waals surface area contributed by atoms with E-state index in [2.05, 4.69) is 25.3 Å². The Labute approximate surface area is 547 Å². The van der Waals surface area contributed by atoms with Crippen LogP contribution in [0.2, 0.25) is 0 Å². The number of aromatic nitrogens is 3. The van der Waals surface area contributed by atoms with Crippen molar-refractivity contribution in [3.63, 3.8) is 0 Å². The molecule has 4 heterocycles. The van der Waals surface area contributed by atoms with E-state index in [1.54, 1.807) is 121 Å². The Balaban J connectivity index is 1.19. The van der Waals surface area contributed by atoms with Gasteiger partial charge in [0.25, 0.3) is 14.7 Å². The number of aryl methyl sites for hydroxylation is 2. The molecule has 0 bridgehead atoms. The molecule has 3 aromatic heterocycles. The molecular weight excluding hydrogens is 1240 g/mol. The molecule has 6 N–H and O–H groups in total. The molecule has 3 unspecified atom stereocenters. The minimum Gasteiger partial charge on any atom is -0.792 e. The van der Waals surface area contributed by atoms with Crippen molar-refractivity contribution in [1.29, 1.82) is 0 Å². The molecule has 93 heavy (non-hydrogen) atoms. The van der Waals surface area contributed by atoms with E-state index in [9.17, 15) is 38.0 Å². The standard InChI is InChI=1S/C68H90N11O11P3/c1-75(2)31-29-70-63(80)26-24-51-40-54(72-65(42-51)91(82,83)58-18-11-8-12-19-58)48-76-32-33-77(49-55-41-52(25-27-64(81)71-30-38-79(3,4)5)43-66(73-55)92(84,85)59-20-13-9-14-21-59)35-37-78(36-34-76)50-56-44-53(45-67(74-56)93(86,87)60-22-15-10-16-23-60)68-61(88-6)46-57(47-62(68)89-7)90-39-17-28-69/h8-16,18-23,40-47H,17,24-39,48-50,69H2,1-7H3,(H4-,70,71,80,81,82,83,84,85,86,87). The zero-order valence-corrected chi connectivity index (χ0v) is 57.2. The number of amides is 2. The summed E-state index contributed by atoms with van der Waals surface area (Å²) in [5, 5.41) is 6.50. The van der Waals surface area contributed by atoms with Gasteiger partial charge in [0.1, 0.15) is 28.1 Å². The Morgan fingerprint density at radius 2 is 1.02 bits per heavy atom. The van der Waals surface area contributed by atoms with Crippen molar-refractivity contribution in [2.75, 3.05) is 128 Å². The van der Waals surface area contributed by atoms with E-state index >= 15 is 0 Å². The second-order valence-corrected chi connectivity index (χ2v) is 30.9. The second kappa shape index (κ2) is 33.4. The molecule has 0 radical (unpaired) electrons. The molecule has 1 saturated heterocycles. The lowest BCUT2D eigenvalue weighted by Crippen LogP contribution is -2.41. The highest BCUT2D eigenvalue weighted by atomic mass is 31.2. The van der Waals surface area contributed by atoms with E-state index in [0.29, 0.717) is 140 Å². The van der Waals surface area contributed by atoms with Crippen molar-refractivity contribution in [1.82, 2.24) is 45.2 Å². The number of hydrogen-bond donors (Lipinski definition) is 5. The van der Waals surface area contributed by atoms with Crippen LogP contribution in [0.3, 0.4) is 0 Å². The number of pyridine rings is 3. The van der Waals surface area contributed by atoms with E-state index < -0.39 is 22.1 Å². The van der Waals surface area contributed by atoms with Gasteiger partial charge in [0, 0.05) is 113 Å². The Hall–Kier alpha value is -7.00. The SMILES string of the molecule is COc1cc(OCCCN)cc(OC)c1-c1cc(CN2CCN(Cc3cc(CCC(=O)NCC[N+](C)(C)C)cc(P(=O)([O-])c4ccccc4)n3)CCN(Cc3cc(CCC(=O)NCCN(C)C)cc(P(=O)(O)c4ccccc4)n3)CC2)nc(P(=O)(O)c2ccccc2)c1. The zero-order chi connectivity index (χ0) is 66.8. The first-order valence-electron chi connectivity index (χ1n) is 31.3. The predicted molar refractivity (Wildman–Crippen MR) is 365 cm³/mol. The van der Waals surface area contributed by atoms with Gasteiger partial charge in [-0.15, -0.1) is 0 Å². The average Bonchev–Trinajstić information content (AvgIpc) is 0.817. The molecular formula is C68H90N11O11P3. The predicted octanol–water partition coefficient (Wildman–Crippen LogP) is 3.50. The van der Waals surface area contributed by atoms with Gasteiger partial charge < -0.3 is 59.2 Å². The lowest BCUT2D eigenvalue weighted by atomic mass is 10.0. The molecule has 25 heteroatoms. The molecule has 4 aromatic carbocycles. The number of hydrogen-bond acceptors (Lipinski definition) is 17. The van der Waals surface area contributed by atoms with Gasteiger partial charge in [0.15, 0.2) is 0 Å². The van der Waals surface area contributed by atoms with Crippen molar-refractivity contribution in [2.24, 2.45) is 5.73 Å². The minimum atomic E-state index is -4.49. The molecule has 1 fully saturated rings. The largest absolute Gasteiger partial charge is 0.792 e. The normalized spacial score (nSPS) is 15.6. The molecule has 498 valence electrons. The number of likely N-dealkylation sites (N-methyl/N-ethyl adjacent to an activating group) is 2. The molecule has 22 nitrogen and oxygen atoms in total. The summed E-state index contributed by atoms with van der Waals surface area (Å²) in [4.78, 5) is 88.3. The summed E-state index contributed by atoms with van der Waals surface area (Å²) in [5.41, 5.74) is 9.41. The molecule has 1 aliphatic rings. The summed E-state index contributed by atoms with van der Waals surface area (Å²) < 4.78 is 62.6. The lowest BCUT2D eigenvalue weighted by Gasteiger charge is -2.28. The van der Waals surface area contributed by atoms with E-state index in [-0.39, 0.29) is 89.4 Å². The van der Waals surface area contributed by atoms with Crippen molar-refractivity contribution >= 4 is 66.1 Å². The van der Waals surface area contributed by atoms with Gasteiger partial charge in [-0.05, 0) is 117 Å². The van der Waals surface area contributed by atoms with Crippen LogP contribution >= 0.6 is 22.1 Å². The van der Waals surface area contributed by atoms with Crippen LogP contribution in [-0.4, -0.2) is 189 Å².